The van der Waals surface area contributed by atoms with Gasteiger partial charge in [-0.3, -0.25) is 9.88 Å². The highest BCUT2D eigenvalue weighted by Gasteiger charge is 2.49. The predicted molar refractivity (Wildman–Crippen MR) is 95.8 cm³/mol. The van der Waals surface area contributed by atoms with Crippen molar-refractivity contribution in [3.63, 3.8) is 0 Å². The molecule has 0 unspecified atom stereocenters. The highest BCUT2D eigenvalue weighted by atomic mass is 32.1. The maximum atomic E-state index is 6.14. The van der Waals surface area contributed by atoms with Crippen LogP contribution in [0, 0.1) is 18.3 Å². The lowest BCUT2D eigenvalue weighted by molar-refractivity contribution is 0.0266. The van der Waals surface area contributed by atoms with E-state index in [1.54, 1.807) is 11.3 Å². The number of aromatic nitrogens is 2. The average molecular weight is 343 g/mol. The Morgan fingerprint density at radius 1 is 1.38 bits per heavy atom. The van der Waals surface area contributed by atoms with Crippen LogP contribution in [0.3, 0.4) is 0 Å². The van der Waals surface area contributed by atoms with Crippen molar-refractivity contribution >= 4 is 11.3 Å². The smallest absolute Gasteiger partial charge is 0.107 e. The van der Waals surface area contributed by atoms with Gasteiger partial charge in [0.1, 0.15) is 5.01 Å². The van der Waals surface area contributed by atoms with Gasteiger partial charge in [-0.25, -0.2) is 4.98 Å². The van der Waals surface area contributed by atoms with Crippen LogP contribution in [0.1, 0.15) is 35.5 Å². The zero-order valence-corrected chi connectivity index (χ0v) is 15.1. The van der Waals surface area contributed by atoms with E-state index in [-0.39, 0.29) is 0 Å². The van der Waals surface area contributed by atoms with Crippen molar-refractivity contribution in [2.24, 2.45) is 11.3 Å². The van der Waals surface area contributed by atoms with Crippen molar-refractivity contribution in [1.29, 1.82) is 0 Å². The SMILES string of the molecule is Cc1csc(CN2C[C@@H]3CCC[C@]3(COCc3ccncc3)C2)n1. The molecule has 1 aliphatic heterocycles. The van der Waals surface area contributed by atoms with Gasteiger partial charge in [0, 0.05) is 42.0 Å². The summed E-state index contributed by atoms with van der Waals surface area (Å²) >= 11 is 1.79. The Labute approximate surface area is 147 Å². The van der Waals surface area contributed by atoms with Crippen LogP contribution in [0.4, 0.5) is 0 Å². The van der Waals surface area contributed by atoms with Crippen LogP contribution in [0.2, 0.25) is 0 Å². The largest absolute Gasteiger partial charge is 0.376 e. The van der Waals surface area contributed by atoms with Gasteiger partial charge < -0.3 is 4.74 Å². The molecule has 2 aromatic rings. The van der Waals surface area contributed by atoms with E-state index in [1.165, 1.54) is 36.4 Å². The van der Waals surface area contributed by atoms with E-state index >= 15 is 0 Å². The topological polar surface area (TPSA) is 38.2 Å². The minimum Gasteiger partial charge on any atom is -0.376 e. The molecule has 0 aromatic carbocycles. The molecule has 4 rings (SSSR count). The summed E-state index contributed by atoms with van der Waals surface area (Å²) in [5.41, 5.74) is 2.72. The second-order valence-electron chi connectivity index (χ2n) is 7.35. The second-order valence-corrected chi connectivity index (χ2v) is 8.29. The molecule has 1 aliphatic carbocycles. The molecule has 0 N–H and O–H groups in total. The van der Waals surface area contributed by atoms with Gasteiger partial charge in [-0.1, -0.05) is 6.42 Å². The molecule has 3 heterocycles. The first-order chi connectivity index (χ1) is 11.7. The molecule has 24 heavy (non-hydrogen) atoms. The van der Waals surface area contributed by atoms with E-state index in [2.05, 4.69) is 27.2 Å². The summed E-state index contributed by atoms with van der Waals surface area (Å²) in [4.78, 5) is 11.3. The van der Waals surface area contributed by atoms with Gasteiger partial charge in [0.2, 0.25) is 0 Å². The molecular weight excluding hydrogens is 318 g/mol. The third kappa shape index (κ3) is 3.39. The van der Waals surface area contributed by atoms with Gasteiger partial charge in [-0.05, 0) is 43.4 Å². The lowest BCUT2D eigenvalue weighted by Crippen LogP contribution is -2.32. The number of likely N-dealkylation sites (tertiary alicyclic amines) is 1. The number of fused-ring (bicyclic) bond motifs is 1. The van der Waals surface area contributed by atoms with E-state index in [0.717, 1.165) is 31.3 Å². The summed E-state index contributed by atoms with van der Waals surface area (Å²) in [6.07, 6.45) is 7.69. The van der Waals surface area contributed by atoms with Crippen molar-refractivity contribution in [2.45, 2.75) is 39.3 Å². The number of hydrogen-bond acceptors (Lipinski definition) is 5. The summed E-state index contributed by atoms with van der Waals surface area (Å²) < 4.78 is 6.14. The van der Waals surface area contributed by atoms with Crippen LogP contribution in [0.25, 0.3) is 0 Å². The Bertz CT molecular complexity index is 674. The Morgan fingerprint density at radius 2 is 2.25 bits per heavy atom. The normalized spacial score (nSPS) is 26.8. The molecule has 0 radical (unpaired) electrons. The Hall–Kier alpha value is -1.30. The second kappa shape index (κ2) is 6.90. The maximum absolute atomic E-state index is 6.14. The lowest BCUT2D eigenvalue weighted by Gasteiger charge is -2.28. The van der Waals surface area contributed by atoms with E-state index in [0.29, 0.717) is 12.0 Å². The number of ether oxygens (including phenoxy) is 1. The Balaban J connectivity index is 1.36. The van der Waals surface area contributed by atoms with Crippen LogP contribution < -0.4 is 0 Å². The van der Waals surface area contributed by atoms with Crippen molar-refractivity contribution in [2.75, 3.05) is 19.7 Å². The van der Waals surface area contributed by atoms with Crippen LogP contribution in [-0.4, -0.2) is 34.6 Å². The van der Waals surface area contributed by atoms with Gasteiger partial charge in [-0.15, -0.1) is 11.3 Å². The molecule has 2 aliphatic rings. The third-order valence-corrected chi connectivity index (χ3v) is 6.49. The minimum atomic E-state index is 0.360. The van der Waals surface area contributed by atoms with E-state index in [4.69, 9.17) is 4.74 Å². The first-order valence-electron chi connectivity index (χ1n) is 8.84. The number of pyridine rings is 1. The standard InChI is InChI=1S/C19H25N3OS/c1-15-12-24-18(21-15)10-22-9-17-3-2-6-19(17,13-22)14-23-11-16-4-7-20-8-5-16/h4-5,7-8,12,17H,2-3,6,9-11,13-14H2,1H3/t17-,19+/m0/s1. The van der Waals surface area contributed by atoms with Gasteiger partial charge in [0.25, 0.3) is 0 Å². The van der Waals surface area contributed by atoms with Crippen LogP contribution in [0.5, 0.6) is 0 Å². The molecule has 2 fully saturated rings. The summed E-state index contributed by atoms with van der Waals surface area (Å²) in [7, 11) is 0. The first kappa shape index (κ1) is 16.2. The summed E-state index contributed by atoms with van der Waals surface area (Å²) in [6.45, 7) is 7.02. The van der Waals surface area contributed by atoms with Crippen molar-refractivity contribution < 1.29 is 4.74 Å². The van der Waals surface area contributed by atoms with Crippen molar-refractivity contribution in [3.05, 3.63) is 46.2 Å². The number of nitrogens with zero attached hydrogens (tertiary/aromatic N) is 3. The zero-order chi connectivity index (χ0) is 16.4. The van der Waals surface area contributed by atoms with Crippen LogP contribution >= 0.6 is 11.3 Å². The summed E-state index contributed by atoms with van der Waals surface area (Å²) in [5.74, 6) is 0.788. The minimum absolute atomic E-state index is 0.360. The fraction of sp³-hybridized carbons (Fsp3) is 0.579. The molecule has 4 nitrogen and oxygen atoms in total. The fourth-order valence-corrected chi connectivity index (χ4v) is 5.21. The fourth-order valence-electron chi connectivity index (χ4n) is 4.40. The lowest BCUT2D eigenvalue weighted by atomic mass is 9.81. The van der Waals surface area contributed by atoms with E-state index in [9.17, 15) is 0 Å². The molecule has 0 spiro atoms. The Kier molecular flexibility index (Phi) is 4.66. The molecule has 1 saturated carbocycles. The predicted octanol–water partition coefficient (Wildman–Crippen LogP) is 3.67. The van der Waals surface area contributed by atoms with Gasteiger partial charge in [-0.2, -0.15) is 0 Å². The maximum Gasteiger partial charge on any atom is 0.107 e. The first-order valence-corrected chi connectivity index (χ1v) is 9.71. The molecule has 128 valence electrons. The van der Waals surface area contributed by atoms with E-state index in [1.807, 2.05) is 24.5 Å². The molecule has 1 saturated heterocycles. The molecule has 2 atom stereocenters. The van der Waals surface area contributed by atoms with Gasteiger partial charge in [0.05, 0.1) is 19.8 Å². The van der Waals surface area contributed by atoms with Gasteiger partial charge in [0.15, 0.2) is 0 Å². The molecule has 0 bridgehead atoms. The number of hydrogen-bond donors (Lipinski definition) is 0. The highest BCUT2D eigenvalue weighted by Crippen LogP contribution is 2.49. The number of thiazole rings is 1. The highest BCUT2D eigenvalue weighted by molar-refractivity contribution is 7.09. The van der Waals surface area contributed by atoms with E-state index < -0.39 is 0 Å². The quantitative estimate of drug-likeness (QED) is 0.802. The summed E-state index contributed by atoms with van der Waals surface area (Å²) in [6, 6.07) is 4.07. The van der Waals surface area contributed by atoms with Crippen LogP contribution in [0.15, 0.2) is 29.9 Å². The van der Waals surface area contributed by atoms with Crippen LogP contribution in [-0.2, 0) is 17.9 Å². The molecule has 0 amide bonds. The monoisotopic (exact) mass is 343 g/mol. The summed E-state index contributed by atoms with van der Waals surface area (Å²) in [5, 5.41) is 3.40. The van der Waals surface area contributed by atoms with Crippen molar-refractivity contribution in [3.8, 4) is 0 Å². The third-order valence-electron chi connectivity index (χ3n) is 5.54. The van der Waals surface area contributed by atoms with Gasteiger partial charge >= 0.3 is 0 Å². The Morgan fingerprint density at radius 3 is 3.04 bits per heavy atom. The molecular formula is C19H25N3OS. The average Bonchev–Trinajstić information content (AvgIpc) is 3.23. The number of aryl methyl sites for hydroxylation is 1. The number of rotatable bonds is 6. The molecule has 2 aromatic heterocycles. The zero-order valence-electron chi connectivity index (χ0n) is 14.3. The molecule has 5 heteroatoms. The van der Waals surface area contributed by atoms with Crippen molar-refractivity contribution in [1.82, 2.24) is 14.9 Å².